The van der Waals surface area contributed by atoms with Crippen molar-refractivity contribution in [2.75, 3.05) is 29.9 Å². The number of amides is 2. The van der Waals surface area contributed by atoms with Gasteiger partial charge >= 0.3 is 0 Å². The number of halogens is 1. The zero-order chi connectivity index (χ0) is 21.2. The van der Waals surface area contributed by atoms with Gasteiger partial charge in [0.25, 0.3) is 17.5 Å². The molecular formula is C18H16ClN3O6S. The highest BCUT2D eigenvalue weighted by Gasteiger charge is 2.27. The van der Waals surface area contributed by atoms with Crippen LogP contribution in [0.1, 0.15) is 20.7 Å². The minimum Gasteiger partial charge on any atom is -0.337 e. The van der Waals surface area contributed by atoms with Gasteiger partial charge in [-0.15, -0.1) is 0 Å². The second-order valence-corrected chi connectivity index (χ2v) is 9.08. The Balaban J connectivity index is 1.81. The Hall–Kier alpha value is -2.98. The maximum Gasteiger partial charge on any atom is 0.270 e. The molecule has 9 nitrogen and oxygen atoms in total. The third-order valence-corrected chi connectivity index (χ3v) is 6.37. The largest absolute Gasteiger partial charge is 0.337 e. The van der Waals surface area contributed by atoms with Crippen LogP contribution < -0.4 is 5.32 Å². The van der Waals surface area contributed by atoms with E-state index in [1.54, 1.807) is 12.1 Å². The minimum absolute atomic E-state index is 0.0172. The van der Waals surface area contributed by atoms with E-state index in [1.165, 1.54) is 23.1 Å². The molecule has 1 aliphatic heterocycles. The fourth-order valence-electron chi connectivity index (χ4n) is 2.86. The lowest BCUT2D eigenvalue weighted by molar-refractivity contribution is -0.384. The molecule has 0 bridgehead atoms. The average Bonchev–Trinajstić information content (AvgIpc) is 2.67. The van der Waals surface area contributed by atoms with Crippen molar-refractivity contribution in [1.82, 2.24) is 4.90 Å². The van der Waals surface area contributed by atoms with E-state index in [9.17, 15) is 28.1 Å². The molecule has 0 spiro atoms. The van der Waals surface area contributed by atoms with Crippen LogP contribution in [0.3, 0.4) is 0 Å². The molecule has 1 N–H and O–H groups in total. The number of hydrogen-bond acceptors (Lipinski definition) is 6. The Morgan fingerprint density at radius 3 is 2.34 bits per heavy atom. The molecule has 0 atom stereocenters. The number of carbonyl (C=O) groups excluding carboxylic acids is 2. The van der Waals surface area contributed by atoms with Gasteiger partial charge in [-0.2, -0.15) is 0 Å². The van der Waals surface area contributed by atoms with Crippen LogP contribution in [0, 0.1) is 10.1 Å². The van der Waals surface area contributed by atoms with E-state index in [0.29, 0.717) is 0 Å². The topological polar surface area (TPSA) is 127 Å². The lowest BCUT2D eigenvalue weighted by Gasteiger charge is -2.27. The first-order chi connectivity index (χ1) is 13.7. The van der Waals surface area contributed by atoms with Crippen molar-refractivity contribution in [2.24, 2.45) is 0 Å². The average molecular weight is 438 g/mol. The number of sulfone groups is 1. The van der Waals surface area contributed by atoms with Crippen LogP contribution in [0.2, 0.25) is 5.02 Å². The van der Waals surface area contributed by atoms with Crippen LogP contribution in [0.25, 0.3) is 0 Å². The van der Waals surface area contributed by atoms with Crippen molar-refractivity contribution in [3.63, 3.8) is 0 Å². The number of anilines is 1. The second kappa shape index (κ2) is 8.18. The third kappa shape index (κ3) is 4.72. The third-order valence-electron chi connectivity index (χ3n) is 4.45. The first-order valence-electron chi connectivity index (χ1n) is 8.52. The van der Waals surface area contributed by atoms with E-state index in [1.807, 2.05) is 0 Å². The maximum atomic E-state index is 12.8. The molecule has 2 amide bonds. The van der Waals surface area contributed by atoms with Crippen molar-refractivity contribution < 1.29 is 22.9 Å². The molecule has 0 aromatic heterocycles. The summed E-state index contributed by atoms with van der Waals surface area (Å²) in [5.41, 5.74) is 0.203. The second-order valence-electron chi connectivity index (χ2n) is 6.36. The van der Waals surface area contributed by atoms with Crippen LogP contribution in [-0.4, -0.2) is 54.7 Å². The van der Waals surface area contributed by atoms with E-state index in [-0.39, 0.29) is 52.1 Å². The minimum atomic E-state index is -3.14. The number of non-ortho nitro benzene ring substituents is 1. The summed E-state index contributed by atoms with van der Waals surface area (Å²) in [6.07, 6.45) is 0. The fourth-order valence-corrected chi connectivity index (χ4v) is 4.32. The van der Waals surface area contributed by atoms with Gasteiger partial charge in [-0.25, -0.2) is 8.42 Å². The van der Waals surface area contributed by atoms with Crippen molar-refractivity contribution in [3.8, 4) is 0 Å². The number of nitro benzene ring substituents is 1. The van der Waals surface area contributed by atoms with E-state index < -0.39 is 26.6 Å². The van der Waals surface area contributed by atoms with Crippen LogP contribution >= 0.6 is 11.6 Å². The standard InChI is InChI=1S/C18H16ClN3O6S/c19-15-11-12(22(25)26)5-6-13(15)17(23)20-16-4-2-1-3-14(16)18(24)21-7-9-29(27,28)10-8-21/h1-6,11H,7-10H2,(H,20,23). The zero-order valence-electron chi connectivity index (χ0n) is 15.0. The number of para-hydroxylation sites is 1. The van der Waals surface area contributed by atoms with Gasteiger partial charge in [-0.3, -0.25) is 19.7 Å². The first-order valence-corrected chi connectivity index (χ1v) is 10.7. The summed E-state index contributed by atoms with van der Waals surface area (Å²) >= 11 is 5.99. The predicted octanol–water partition coefficient (Wildman–Crippen LogP) is 2.37. The normalized spacial score (nSPS) is 15.6. The van der Waals surface area contributed by atoms with E-state index >= 15 is 0 Å². The Bertz CT molecular complexity index is 1090. The fraction of sp³-hybridized carbons (Fsp3) is 0.222. The van der Waals surface area contributed by atoms with Gasteiger partial charge in [0, 0.05) is 25.2 Å². The van der Waals surface area contributed by atoms with Crippen LogP contribution in [-0.2, 0) is 9.84 Å². The lowest BCUT2D eigenvalue weighted by Crippen LogP contribution is -2.43. The van der Waals surface area contributed by atoms with Gasteiger partial charge in [0.1, 0.15) is 0 Å². The number of nitrogens with one attached hydrogen (secondary N) is 1. The summed E-state index contributed by atoms with van der Waals surface area (Å²) in [5.74, 6) is -1.24. The van der Waals surface area contributed by atoms with E-state index in [0.717, 1.165) is 12.1 Å². The molecule has 2 aromatic rings. The summed E-state index contributed by atoms with van der Waals surface area (Å²) in [6.45, 7) is 0.162. The molecule has 29 heavy (non-hydrogen) atoms. The molecule has 1 saturated heterocycles. The molecule has 1 aliphatic rings. The maximum absolute atomic E-state index is 12.8. The van der Waals surface area contributed by atoms with Crippen LogP contribution in [0.5, 0.6) is 0 Å². The van der Waals surface area contributed by atoms with Gasteiger partial charge in [-0.05, 0) is 18.2 Å². The van der Waals surface area contributed by atoms with Crippen molar-refractivity contribution in [3.05, 3.63) is 68.7 Å². The SMILES string of the molecule is O=C(Nc1ccccc1C(=O)N1CCS(=O)(=O)CC1)c1ccc([N+](=O)[O-])cc1Cl. The summed E-state index contributed by atoms with van der Waals surface area (Å²) in [7, 11) is -3.14. The molecule has 1 heterocycles. The van der Waals surface area contributed by atoms with Crippen LogP contribution in [0.15, 0.2) is 42.5 Å². The van der Waals surface area contributed by atoms with Gasteiger partial charge in [0.2, 0.25) is 0 Å². The summed E-state index contributed by atoms with van der Waals surface area (Å²) in [6, 6.07) is 9.78. The van der Waals surface area contributed by atoms with Gasteiger partial charge in [-0.1, -0.05) is 23.7 Å². The highest BCUT2D eigenvalue weighted by Crippen LogP contribution is 2.25. The quantitative estimate of drug-likeness (QED) is 0.577. The molecule has 0 saturated carbocycles. The highest BCUT2D eigenvalue weighted by atomic mass is 35.5. The molecule has 152 valence electrons. The summed E-state index contributed by atoms with van der Waals surface area (Å²) < 4.78 is 23.1. The monoisotopic (exact) mass is 437 g/mol. The van der Waals surface area contributed by atoms with E-state index in [4.69, 9.17) is 11.6 Å². The number of rotatable bonds is 4. The Morgan fingerprint density at radius 2 is 1.72 bits per heavy atom. The first kappa shape index (κ1) is 20.7. The van der Waals surface area contributed by atoms with E-state index in [2.05, 4.69) is 5.32 Å². The molecule has 0 radical (unpaired) electrons. The predicted molar refractivity (Wildman–Crippen MR) is 107 cm³/mol. The molecule has 0 unspecified atom stereocenters. The highest BCUT2D eigenvalue weighted by molar-refractivity contribution is 7.91. The van der Waals surface area contributed by atoms with Crippen LogP contribution in [0.4, 0.5) is 11.4 Å². The number of benzene rings is 2. The lowest BCUT2D eigenvalue weighted by atomic mass is 10.1. The molecule has 2 aromatic carbocycles. The zero-order valence-corrected chi connectivity index (χ0v) is 16.6. The number of nitro groups is 1. The van der Waals surface area contributed by atoms with Crippen molar-refractivity contribution in [2.45, 2.75) is 0 Å². The van der Waals surface area contributed by atoms with Gasteiger partial charge < -0.3 is 10.2 Å². The van der Waals surface area contributed by atoms with Crippen molar-refractivity contribution in [1.29, 1.82) is 0 Å². The smallest absolute Gasteiger partial charge is 0.270 e. The number of hydrogen-bond donors (Lipinski definition) is 1. The number of carbonyl (C=O) groups is 2. The molecule has 11 heteroatoms. The van der Waals surface area contributed by atoms with Gasteiger partial charge in [0.05, 0.1) is 38.3 Å². The Labute approximate surface area is 171 Å². The molecule has 0 aliphatic carbocycles. The Morgan fingerprint density at radius 1 is 1.07 bits per heavy atom. The molecule has 1 fully saturated rings. The summed E-state index contributed by atoms with van der Waals surface area (Å²) in [5, 5.41) is 13.3. The van der Waals surface area contributed by atoms with Gasteiger partial charge in [0.15, 0.2) is 9.84 Å². The Kier molecular flexibility index (Phi) is 5.85. The van der Waals surface area contributed by atoms with Crippen molar-refractivity contribution >= 4 is 44.6 Å². The summed E-state index contributed by atoms with van der Waals surface area (Å²) in [4.78, 5) is 37.0. The molecular weight excluding hydrogens is 422 g/mol. The number of nitrogens with zero attached hydrogens (tertiary/aromatic N) is 2. The molecule has 3 rings (SSSR count).